The fraction of sp³-hybridized carbons (Fsp3) is 0.500. The monoisotopic (exact) mass is 359 g/mol. The van der Waals surface area contributed by atoms with Crippen LogP contribution in [0.5, 0.6) is 0 Å². The molecule has 7 heteroatoms. The van der Waals surface area contributed by atoms with Gasteiger partial charge in [0.2, 0.25) is 5.82 Å². The van der Waals surface area contributed by atoms with Gasteiger partial charge in [0.15, 0.2) is 0 Å². The fourth-order valence-corrected chi connectivity index (χ4v) is 3.46. The summed E-state index contributed by atoms with van der Waals surface area (Å²) in [4.78, 5) is 17.0. The minimum absolute atomic E-state index is 0.210. The molecule has 1 unspecified atom stereocenters. The van der Waals surface area contributed by atoms with Crippen molar-refractivity contribution in [2.75, 3.05) is 19.6 Å². The Bertz CT molecular complexity index is 765. The molecule has 1 atom stereocenters. The van der Waals surface area contributed by atoms with Crippen molar-refractivity contribution in [1.29, 1.82) is 0 Å². The summed E-state index contributed by atoms with van der Waals surface area (Å²) >= 11 is 6.31. The van der Waals surface area contributed by atoms with Gasteiger partial charge in [0.25, 0.3) is 5.91 Å². The Hall–Kier alpha value is -1.92. The largest absolute Gasteiger partial charge is 0.349 e. The summed E-state index contributed by atoms with van der Waals surface area (Å²) in [6.07, 6.45) is 4.46. The minimum atomic E-state index is -0.210. The molecule has 2 fully saturated rings. The number of hydrogen-bond acceptors (Lipinski definition) is 4. The molecule has 1 saturated carbocycles. The molecule has 1 saturated heterocycles. The normalized spacial score (nSPS) is 20.4. The van der Waals surface area contributed by atoms with Crippen molar-refractivity contribution in [3.8, 4) is 5.69 Å². The van der Waals surface area contributed by atoms with E-state index in [0.717, 1.165) is 50.3 Å². The Labute approximate surface area is 152 Å². The Morgan fingerprint density at radius 1 is 1.32 bits per heavy atom. The van der Waals surface area contributed by atoms with Crippen molar-refractivity contribution < 1.29 is 4.79 Å². The molecule has 1 aromatic carbocycles. The summed E-state index contributed by atoms with van der Waals surface area (Å²) in [6, 6.07) is 7.52. The SMILES string of the molecule is O=C(NCC1CCCNC1)c1nc(C2CC2)n(-c2ccccc2Cl)n1. The number of amides is 1. The van der Waals surface area contributed by atoms with E-state index in [2.05, 4.69) is 20.7 Å². The summed E-state index contributed by atoms with van der Waals surface area (Å²) in [5.74, 6) is 1.69. The van der Waals surface area contributed by atoms with Crippen LogP contribution in [0.3, 0.4) is 0 Å². The van der Waals surface area contributed by atoms with Crippen LogP contribution < -0.4 is 10.6 Å². The highest BCUT2D eigenvalue weighted by atomic mass is 35.5. The number of nitrogens with one attached hydrogen (secondary N) is 2. The molecule has 2 N–H and O–H groups in total. The van der Waals surface area contributed by atoms with Gasteiger partial charge in [-0.05, 0) is 56.8 Å². The van der Waals surface area contributed by atoms with Crippen LogP contribution in [-0.2, 0) is 0 Å². The average molecular weight is 360 g/mol. The van der Waals surface area contributed by atoms with Crippen LogP contribution in [0.4, 0.5) is 0 Å². The molecule has 132 valence electrons. The van der Waals surface area contributed by atoms with E-state index in [1.54, 1.807) is 4.68 Å². The van der Waals surface area contributed by atoms with Crippen LogP contribution in [0.2, 0.25) is 5.02 Å². The smallest absolute Gasteiger partial charge is 0.290 e. The lowest BCUT2D eigenvalue weighted by Crippen LogP contribution is -2.38. The average Bonchev–Trinajstić information content (AvgIpc) is 3.40. The number of para-hydroxylation sites is 1. The number of rotatable bonds is 5. The Kier molecular flexibility index (Phi) is 4.72. The Morgan fingerprint density at radius 2 is 2.16 bits per heavy atom. The molecular weight excluding hydrogens is 338 g/mol. The molecule has 25 heavy (non-hydrogen) atoms. The van der Waals surface area contributed by atoms with Gasteiger partial charge in [-0.15, -0.1) is 5.10 Å². The highest BCUT2D eigenvalue weighted by Gasteiger charge is 2.32. The number of hydrogen-bond donors (Lipinski definition) is 2. The van der Waals surface area contributed by atoms with E-state index in [0.29, 0.717) is 23.4 Å². The molecule has 2 aliphatic rings. The number of aromatic nitrogens is 3. The molecule has 1 aliphatic heterocycles. The molecule has 2 aromatic rings. The van der Waals surface area contributed by atoms with Crippen LogP contribution in [-0.4, -0.2) is 40.3 Å². The first-order valence-corrected chi connectivity index (χ1v) is 9.31. The summed E-state index contributed by atoms with van der Waals surface area (Å²) in [5, 5.41) is 11.4. The molecule has 1 aromatic heterocycles. The zero-order valence-corrected chi connectivity index (χ0v) is 14.8. The van der Waals surface area contributed by atoms with Gasteiger partial charge in [0.1, 0.15) is 5.82 Å². The number of carbonyl (C=O) groups is 1. The van der Waals surface area contributed by atoms with Crippen molar-refractivity contribution in [1.82, 2.24) is 25.4 Å². The van der Waals surface area contributed by atoms with Gasteiger partial charge in [-0.25, -0.2) is 9.67 Å². The predicted molar refractivity (Wildman–Crippen MR) is 96.3 cm³/mol. The third-order valence-electron chi connectivity index (χ3n) is 4.81. The van der Waals surface area contributed by atoms with E-state index in [4.69, 9.17) is 11.6 Å². The van der Waals surface area contributed by atoms with Gasteiger partial charge in [0, 0.05) is 12.5 Å². The molecule has 0 radical (unpaired) electrons. The second-order valence-electron chi connectivity index (χ2n) is 6.85. The summed E-state index contributed by atoms with van der Waals surface area (Å²) in [7, 11) is 0. The quantitative estimate of drug-likeness (QED) is 0.860. The Balaban J connectivity index is 1.53. The zero-order chi connectivity index (χ0) is 17.2. The van der Waals surface area contributed by atoms with Gasteiger partial charge >= 0.3 is 0 Å². The third-order valence-corrected chi connectivity index (χ3v) is 5.13. The number of halogens is 1. The second kappa shape index (κ2) is 7.14. The van der Waals surface area contributed by atoms with Gasteiger partial charge in [-0.2, -0.15) is 0 Å². The zero-order valence-electron chi connectivity index (χ0n) is 14.0. The maximum absolute atomic E-state index is 12.5. The molecule has 0 spiro atoms. The van der Waals surface area contributed by atoms with Gasteiger partial charge < -0.3 is 10.6 Å². The maximum atomic E-state index is 12.5. The van der Waals surface area contributed by atoms with E-state index >= 15 is 0 Å². The molecule has 0 bridgehead atoms. The second-order valence-corrected chi connectivity index (χ2v) is 7.26. The molecular formula is C18H22ClN5O. The van der Waals surface area contributed by atoms with Crippen LogP contribution in [0.15, 0.2) is 24.3 Å². The molecule has 1 amide bonds. The van der Waals surface area contributed by atoms with E-state index in [1.807, 2.05) is 24.3 Å². The van der Waals surface area contributed by atoms with Crippen LogP contribution in [0.25, 0.3) is 5.69 Å². The number of piperidine rings is 1. The van der Waals surface area contributed by atoms with Crippen molar-refractivity contribution in [3.05, 3.63) is 40.9 Å². The lowest BCUT2D eigenvalue weighted by atomic mass is 10.00. The fourth-order valence-electron chi connectivity index (χ4n) is 3.24. The van der Waals surface area contributed by atoms with Gasteiger partial charge in [-0.1, -0.05) is 23.7 Å². The number of benzene rings is 1. The summed E-state index contributed by atoms with van der Waals surface area (Å²) in [6.45, 7) is 2.68. The van der Waals surface area contributed by atoms with Crippen molar-refractivity contribution in [3.63, 3.8) is 0 Å². The van der Waals surface area contributed by atoms with Crippen LogP contribution in [0, 0.1) is 5.92 Å². The summed E-state index contributed by atoms with van der Waals surface area (Å²) < 4.78 is 1.73. The van der Waals surface area contributed by atoms with Crippen molar-refractivity contribution >= 4 is 17.5 Å². The van der Waals surface area contributed by atoms with E-state index in [1.165, 1.54) is 0 Å². The van der Waals surface area contributed by atoms with Crippen molar-refractivity contribution in [2.45, 2.75) is 31.6 Å². The first-order valence-electron chi connectivity index (χ1n) is 8.93. The number of nitrogens with zero attached hydrogens (tertiary/aromatic N) is 3. The van der Waals surface area contributed by atoms with Crippen LogP contribution >= 0.6 is 11.6 Å². The standard InChI is InChI=1S/C18H22ClN5O/c19-14-5-1-2-6-15(14)24-17(13-7-8-13)22-16(23-24)18(25)21-11-12-4-3-9-20-10-12/h1-2,5-6,12-13,20H,3-4,7-11H2,(H,21,25). The molecule has 4 rings (SSSR count). The van der Waals surface area contributed by atoms with Gasteiger partial charge in [0.05, 0.1) is 10.7 Å². The van der Waals surface area contributed by atoms with Crippen molar-refractivity contribution in [2.24, 2.45) is 5.92 Å². The van der Waals surface area contributed by atoms with Gasteiger partial charge in [-0.3, -0.25) is 4.79 Å². The lowest BCUT2D eigenvalue weighted by Gasteiger charge is -2.22. The highest BCUT2D eigenvalue weighted by molar-refractivity contribution is 6.32. The summed E-state index contributed by atoms with van der Waals surface area (Å²) in [5.41, 5.74) is 0.772. The van der Waals surface area contributed by atoms with E-state index in [9.17, 15) is 4.79 Å². The van der Waals surface area contributed by atoms with E-state index in [-0.39, 0.29) is 11.7 Å². The first kappa shape index (κ1) is 16.5. The van der Waals surface area contributed by atoms with Crippen LogP contribution in [0.1, 0.15) is 48.0 Å². The number of carbonyl (C=O) groups excluding carboxylic acids is 1. The minimum Gasteiger partial charge on any atom is -0.349 e. The highest BCUT2D eigenvalue weighted by Crippen LogP contribution is 2.40. The topological polar surface area (TPSA) is 71.8 Å². The maximum Gasteiger partial charge on any atom is 0.290 e. The van der Waals surface area contributed by atoms with E-state index < -0.39 is 0 Å². The third kappa shape index (κ3) is 3.70. The lowest BCUT2D eigenvalue weighted by molar-refractivity contribution is 0.0934. The predicted octanol–water partition coefficient (Wildman–Crippen LogP) is 2.53. The first-order chi connectivity index (χ1) is 12.2. The molecule has 6 nitrogen and oxygen atoms in total. The Morgan fingerprint density at radius 3 is 2.88 bits per heavy atom. The molecule has 2 heterocycles. The molecule has 1 aliphatic carbocycles.